The lowest BCUT2D eigenvalue weighted by atomic mass is 10.1. The van der Waals surface area contributed by atoms with Gasteiger partial charge in [-0.25, -0.2) is 0 Å². The van der Waals surface area contributed by atoms with E-state index in [9.17, 15) is 4.79 Å². The molecule has 1 amide bonds. The van der Waals surface area contributed by atoms with E-state index >= 15 is 0 Å². The zero-order chi connectivity index (χ0) is 14.5. The predicted octanol–water partition coefficient (Wildman–Crippen LogP) is 1.29. The van der Waals surface area contributed by atoms with E-state index in [4.69, 9.17) is 14.2 Å². The molecule has 0 saturated carbocycles. The molecule has 1 aromatic rings. The average Bonchev–Trinajstić information content (AvgIpc) is 2.47. The molecule has 20 heavy (non-hydrogen) atoms. The summed E-state index contributed by atoms with van der Waals surface area (Å²) in [5, 5.41) is 6.12. The van der Waals surface area contributed by atoms with Crippen molar-refractivity contribution in [2.45, 2.75) is 19.3 Å². The molecule has 1 aliphatic heterocycles. The minimum Gasteiger partial charge on any atom is -0.482 e. The number of fused-ring (bicyclic) bond motifs is 1. The molecule has 110 valence electrons. The summed E-state index contributed by atoms with van der Waals surface area (Å²) in [6.45, 7) is 2.69. The van der Waals surface area contributed by atoms with Gasteiger partial charge in [0.25, 0.3) is 5.91 Å². The highest BCUT2D eigenvalue weighted by atomic mass is 16.7. The van der Waals surface area contributed by atoms with Crippen molar-refractivity contribution in [3.63, 3.8) is 0 Å². The number of hydrogen-bond acceptors (Lipinski definition) is 5. The van der Waals surface area contributed by atoms with Gasteiger partial charge in [0.05, 0.1) is 5.69 Å². The van der Waals surface area contributed by atoms with Crippen LogP contribution in [-0.4, -0.2) is 39.6 Å². The largest absolute Gasteiger partial charge is 0.482 e. The van der Waals surface area contributed by atoms with E-state index in [1.54, 1.807) is 14.2 Å². The molecule has 1 unspecified atom stereocenters. The first-order valence-corrected chi connectivity index (χ1v) is 6.49. The monoisotopic (exact) mass is 280 g/mol. The highest BCUT2D eigenvalue weighted by Crippen LogP contribution is 2.30. The molecule has 1 aromatic carbocycles. The zero-order valence-corrected chi connectivity index (χ0v) is 11.9. The molecule has 2 rings (SSSR count). The Morgan fingerprint density at radius 2 is 2.15 bits per heavy atom. The van der Waals surface area contributed by atoms with Crippen LogP contribution in [0.3, 0.4) is 0 Å². The first-order valence-electron chi connectivity index (χ1n) is 6.49. The van der Waals surface area contributed by atoms with Crippen molar-refractivity contribution >= 4 is 11.6 Å². The molecular weight excluding hydrogens is 260 g/mol. The van der Waals surface area contributed by atoms with E-state index in [0.29, 0.717) is 18.0 Å². The van der Waals surface area contributed by atoms with Gasteiger partial charge in [0, 0.05) is 26.8 Å². The molecular formula is C14H20N2O4. The van der Waals surface area contributed by atoms with Gasteiger partial charge in [-0.1, -0.05) is 6.07 Å². The molecule has 1 heterocycles. The Morgan fingerprint density at radius 1 is 1.40 bits per heavy atom. The number of methoxy groups -OCH3 is 2. The summed E-state index contributed by atoms with van der Waals surface area (Å²) in [4.78, 5) is 11.3. The van der Waals surface area contributed by atoms with Crippen molar-refractivity contribution < 1.29 is 19.0 Å². The van der Waals surface area contributed by atoms with Crippen molar-refractivity contribution in [3.05, 3.63) is 23.8 Å². The summed E-state index contributed by atoms with van der Waals surface area (Å²) in [6.07, 6.45) is -0.280. The van der Waals surface area contributed by atoms with Gasteiger partial charge >= 0.3 is 0 Å². The van der Waals surface area contributed by atoms with Gasteiger partial charge in [-0.2, -0.15) is 0 Å². The molecule has 0 spiro atoms. The Bertz CT molecular complexity index is 474. The SMILES string of the molecule is COC(CNC(C)c1ccc2c(c1)NC(=O)CO2)OC. The molecule has 1 atom stereocenters. The van der Waals surface area contributed by atoms with Crippen molar-refractivity contribution in [1.82, 2.24) is 5.32 Å². The minimum atomic E-state index is -0.280. The number of ether oxygens (including phenoxy) is 3. The summed E-state index contributed by atoms with van der Waals surface area (Å²) in [5.74, 6) is 0.571. The Morgan fingerprint density at radius 3 is 2.85 bits per heavy atom. The van der Waals surface area contributed by atoms with Gasteiger partial charge in [0.1, 0.15) is 5.75 Å². The van der Waals surface area contributed by atoms with E-state index in [-0.39, 0.29) is 24.8 Å². The van der Waals surface area contributed by atoms with Crippen LogP contribution in [0.25, 0.3) is 0 Å². The lowest BCUT2D eigenvalue weighted by Gasteiger charge is -2.22. The Hall–Kier alpha value is -1.63. The van der Waals surface area contributed by atoms with Crippen LogP contribution in [0.4, 0.5) is 5.69 Å². The van der Waals surface area contributed by atoms with Gasteiger partial charge in [-0.05, 0) is 24.6 Å². The number of carbonyl (C=O) groups excluding carboxylic acids is 1. The molecule has 6 nitrogen and oxygen atoms in total. The van der Waals surface area contributed by atoms with Crippen molar-refractivity contribution in [2.24, 2.45) is 0 Å². The molecule has 1 aliphatic rings. The molecule has 0 bridgehead atoms. The smallest absolute Gasteiger partial charge is 0.262 e. The first kappa shape index (κ1) is 14.8. The quantitative estimate of drug-likeness (QED) is 0.768. The van der Waals surface area contributed by atoms with Gasteiger partial charge in [-0.3, -0.25) is 4.79 Å². The van der Waals surface area contributed by atoms with Gasteiger partial charge in [0.2, 0.25) is 0 Å². The van der Waals surface area contributed by atoms with E-state index in [1.165, 1.54) is 0 Å². The second-order valence-electron chi connectivity index (χ2n) is 4.62. The molecule has 6 heteroatoms. The molecule has 0 radical (unpaired) electrons. The van der Waals surface area contributed by atoms with Gasteiger partial charge < -0.3 is 24.8 Å². The maximum atomic E-state index is 11.3. The summed E-state index contributed by atoms with van der Waals surface area (Å²) < 4.78 is 15.6. The fraction of sp³-hybridized carbons (Fsp3) is 0.500. The standard InChI is InChI=1S/C14H20N2O4/c1-9(15-7-14(18-2)19-3)10-4-5-12-11(6-10)16-13(17)8-20-12/h4-6,9,14-15H,7-8H2,1-3H3,(H,16,17). The Kier molecular flexibility index (Phi) is 4.94. The number of anilines is 1. The molecule has 0 fully saturated rings. The predicted molar refractivity (Wildman–Crippen MR) is 74.8 cm³/mol. The molecule has 0 saturated heterocycles. The second kappa shape index (κ2) is 6.69. The summed E-state index contributed by atoms with van der Waals surface area (Å²) >= 11 is 0. The normalized spacial score (nSPS) is 15.5. The van der Waals surface area contributed by atoms with Crippen LogP contribution in [0.5, 0.6) is 5.75 Å². The van der Waals surface area contributed by atoms with Crippen LogP contribution in [0.15, 0.2) is 18.2 Å². The van der Waals surface area contributed by atoms with Crippen LogP contribution < -0.4 is 15.4 Å². The number of hydrogen-bond donors (Lipinski definition) is 2. The van der Waals surface area contributed by atoms with E-state index in [1.807, 2.05) is 25.1 Å². The van der Waals surface area contributed by atoms with Crippen molar-refractivity contribution in [3.8, 4) is 5.75 Å². The van der Waals surface area contributed by atoms with Crippen LogP contribution >= 0.6 is 0 Å². The molecule has 0 aromatic heterocycles. The van der Waals surface area contributed by atoms with E-state index in [2.05, 4.69) is 10.6 Å². The Labute approximate surface area is 118 Å². The second-order valence-corrected chi connectivity index (χ2v) is 4.62. The fourth-order valence-corrected chi connectivity index (χ4v) is 2.02. The average molecular weight is 280 g/mol. The molecule has 0 aliphatic carbocycles. The topological polar surface area (TPSA) is 68.8 Å². The maximum absolute atomic E-state index is 11.3. The molecule has 2 N–H and O–H groups in total. The van der Waals surface area contributed by atoms with E-state index in [0.717, 1.165) is 5.56 Å². The highest BCUT2D eigenvalue weighted by Gasteiger charge is 2.17. The Balaban J connectivity index is 2.01. The number of rotatable bonds is 6. The number of nitrogens with one attached hydrogen (secondary N) is 2. The number of carbonyl (C=O) groups is 1. The first-order chi connectivity index (χ1) is 9.63. The lowest BCUT2D eigenvalue weighted by molar-refractivity contribution is -0.118. The van der Waals surface area contributed by atoms with Crippen LogP contribution in [0.1, 0.15) is 18.5 Å². The van der Waals surface area contributed by atoms with Crippen LogP contribution in [0.2, 0.25) is 0 Å². The third-order valence-corrected chi connectivity index (χ3v) is 3.25. The third-order valence-electron chi connectivity index (χ3n) is 3.25. The van der Waals surface area contributed by atoms with Gasteiger partial charge in [-0.15, -0.1) is 0 Å². The minimum absolute atomic E-state index is 0.0729. The fourth-order valence-electron chi connectivity index (χ4n) is 2.02. The summed E-state index contributed by atoms with van der Waals surface area (Å²) in [5.41, 5.74) is 1.77. The summed E-state index contributed by atoms with van der Waals surface area (Å²) in [6, 6.07) is 5.86. The van der Waals surface area contributed by atoms with Crippen molar-refractivity contribution in [2.75, 3.05) is 32.7 Å². The number of amides is 1. The lowest BCUT2D eigenvalue weighted by Crippen LogP contribution is -2.31. The maximum Gasteiger partial charge on any atom is 0.262 e. The number of benzene rings is 1. The third kappa shape index (κ3) is 3.47. The highest BCUT2D eigenvalue weighted by molar-refractivity contribution is 5.95. The van der Waals surface area contributed by atoms with Crippen molar-refractivity contribution in [1.29, 1.82) is 0 Å². The van der Waals surface area contributed by atoms with E-state index < -0.39 is 0 Å². The van der Waals surface area contributed by atoms with Crippen LogP contribution in [0, 0.1) is 0 Å². The van der Waals surface area contributed by atoms with Gasteiger partial charge in [0.15, 0.2) is 12.9 Å². The zero-order valence-electron chi connectivity index (χ0n) is 11.9. The van der Waals surface area contributed by atoms with Crippen LogP contribution in [-0.2, 0) is 14.3 Å². The summed E-state index contributed by atoms with van der Waals surface area (Å²) in [7, 11) is 3.21.